The second kappa shape index (κ2) is 9.88. The van der Waals surface area contributed by atoms with Gasteiger partial charge in [-0.05, 0) is 51.2 Å². The summed E-state index contributed by atoms with van der Waals surface area (Å²) in [5, 5.41) is 11.9. The van der Waals surface area contributed by atoms with Crippen molar-refractivity contribution in [3.05, 3.63) is 59.5 Å². The minimum atomic E-state index is -3.88. The van der Waals surface area contributed by atoms with E-state index in [-0.39, 0.29) is 24.3 Å². The molecule has 194 valence electrons. The highest BCUT2D eigenvalue weighted by Gasteiger charge is 2.40. The van der Waals surface area contributed by atoms with E-state index in [0.717, 1.165) is 24.0 Å². The lowest BCUT2D eigenvalue weighted by atomic mass is 10.0. The van der Waals surface area contributed by atoms with E-state index in [9.17, 15) is 8.42 Å². The number of hydrogen-bond acceptors (Lipinski definition) is 10. The number of aromatic nitrogens is 7. The summed E-state index contributed by atoms with van der Waals surface area (Å²) in [6, 6.07) is 5.01. The second-order valence-corrected chi connectivity index (χ2v) is 11.4. The molecule has 0 unspecified atom stereocenters. The normalized spacial score (nSPS) is 15.4. The number of hydrogen-bond donors (Lipinski definition) is 1. The largest absolute Gasteiger partial charge is 0.481 e. The smallest absolute Gasteiger partial charge is 0.239 e. The van der Waals surface area contributed by atoms with Gasteiger partial charge in [0.15, 0.2) is 5.82 Å². The third-order valence-electron chi connectivity index (χ3n) is 6.38. The van der Waals surface area contributed by atoms with Crippen LogP contribution in [0.1, 0.15) is 48.5 Å². The van der Waals surface area contributed by atoms with Gasteiger partial charge in [-0.1, -0.05) is 11.2 Å². The summed E-state index contributed by atoms with van der Waals surface area (Å²) in [5.41, 5.74) is 2.96. The lowest BCUT2D eigenvalue weighted by Gasteiger charge is -2.22. The molecular weight excluding hydrogens is 496 g/mol. The van der Waals surface area contributed by atoms with Crippen molar-refractivity contribution in [2.75, 3.05) is 11.8 Å². The first-order chi connectivity index (χ1) is 17.8. The number of pyridine rings is 1. The average molecular weight is 525 g/mol. The maximum Gasteiger partial charge on any atom is 0.239 e. The highest BCUT2D eigenvalue weighted by molar-refractivity contribution is 7.93. The van der Waals surface area contributed by atoms with Crippen molar-refractivity contribution in [2.24, 2.45) is 5.92 Å². The van der Waals surface area contributed by atoms with Gasteiger partial charge in [0.25, 0.3) is 0 Å². The zero-order chi connectivity index (χ0) is 26.2. The molecular formula is C24H28N8O4S. The molecule has 1 fully saturated rings. The molecule has 4 aromatic heterocycles. The van der Waals surface area contributed by atoms with Crippen LogP contribution in [0.2, 0.25) is 0 Å². The Morgan fingerprint density at radius 3 is 2.59 bits per heavy atom. The number of methoxy groups -OCH3 is 1. The fourth-order valence-corrected chi connectivity index (χ4v) is 5.13. The van der Waals surface area contributed by atoms with Gasteiger partial charge < -0.3 is 9.26 Å². The highest BCUT2D eigenvalue weighted by atomic mass is 32.2. The zero-order valence-corrected chi connectivity index (χ0v) is 21.8. The van der Waals surface area contributed by atoms with E-state index >= 15 is 0 Å². The molecule has 0 saturated heterocycles. The van der Waals surface area contributed by atoms with Gasteiger partial charge in [0.2, 0.25) is 21.9 Å². The van der Waals surface area contributed by atoms with Crippen LogP contribution in [0, 0.1) is 19.8 Å². The van der Waals surface area contributed by atoms with E-state index in [4.69, 9.17) is 9.26 Å². The van der Waals surface area contributed by atoms with Crippen LogP contribution >= 0.6 is 0 Å². The molecule has 0 aliphatic heterocycles. The number of anilines is 1. The Morgan fingerprint density at radius 1 is 1.19 bits per heavy atom. The van der Waals surface area contributed by atoms with Crippen molar-refractivity contribution in [1.82, 2.24) is 34.9 Å². The van der Waals surface area contributed by atoms with Gasteiger partial charge in [-0.2, -0.15) is 0 Å². The van der Waals surface area contributed by atoms with Crippen LogP contribution in [0.4, 0.5) is 5.95 Å². The molecule has 0 aromatic carbocycles. The van der Waals surface area contributed by atoms with E-state index in [1.54, 1.807) is 48.3 Å². The first-order valence-corrected chi connectivity index (χ1v) is 13.5. The van der Waals surface area contributed by atoms with Crippen LogP contribution in [0.25, 0.3) is 11.5 Å². The Hall–Kier alpha value is -3.87. The second-order valence-electron chi connectivity index (χ2n) is 9.26. The van der Waals surface area contributed by atoms with Crippen molar-refractivity contribution in [3.8, 4) is 17.4 Å². The molecule has 1 aliphatic rings. The summed E-state index contributed by atoms with van der Waals surface area (Å²) in [6.45, 7) is 5.34. The molecule has 0 radical (unpaired) electrons. The monoisotopic (exact) mass is 524 g/mol. The highest BCUT2D eigenvalue weighted by Crippen LogP contribution is 2.46. The van der Waals surface area contributed by atoms with E-state index < -0.39 is 15.3 Å². The molecule has 1 saturated carbocycles. The van der Waals surface area contributed by atoms with Crippen molar-refractivity contribution in [1.29, 1.82) is 0 Å². The summed E-state index contributed by atoms with van der Waals surface area (Å²) >= 11 is 0. The molecule has 1 N–H and O–H groups in total. The topological polar surface area (TPSA) is 151 Å². The van der Waals surface area contributed by atoms with Crippen LogP contribution in [0.5, 0.6) is 5.88 Å². The molecule has 1 aliphatic carbocycles. The molecule has 4 aromatic rings. The fraction of sp³-hybridized carbons (Fsp3) is 0.417. The Labute approximate surface area is 214 Å². The molecule has 0 spiro atoms. The molecule has 4 heterocycles. The van der Waals surface area contributed by atoms with E-state index in [0.29, 0.717) is 28.9 Å². The Balaban J connectivity index is 1.55. The Kier molecular flexibility index (Phi) is 6.63. The van der Waals surface area contributed by atoms with Crippen molar-refractivity contribution < 1.29 is 17.7 Å². The van der Waals surface area contributed by atoms with Gasteiger partial charge in [-0.15, -0.1) is 10.2 Å². The van der Waals surface area contributed by atoms with Gasteiger partial charge in [0, 0.05) is 30.4 Å². The molecule has 0 amide bonds. The number of nitrogens with zero attached hydrogens (tertiary/aromatic N) is 7. The quantitative estimate of drug-likeness (QED) is 0.328. The summed E-state index contributed by atoms with van der Waals surface area (Å²) < 4.78 is 41.8. The predicted octanol–water partition coefficient (Wildman–Crippen LogP) is 3.12. The zero-order valence-electron chi connectivity index (χ0n) is 21.0. The van der Waals surface area contributed by atoms with Crippen LogP contribution in [0.3, 0.4) is 0 Å². The number of aryl methyl sites for hydroxylation is 2. The van der Waals surface area contributed by atoms with Crippen LogP contribution < -0.4 is 9.46 Å². The summed E-state index contributed by atoms with van der Waals surface area (Å²) in [7, 11) is -2.35. The summed E-state index contributed by atoms with van der Waals surface area (Å²) in [4.78, 5) is 13.0. The standard InChI is InChI=1S/C24H28N8O4S/c1-14-11-25-20(26-12-14)10-15(2)37(33,34)31-24-29-28-23(19-6-5-7-21(27-19)35-4)32(24)22(17-8-9-17)18-13-36-30-16(18)3/h5-7,11-13,15,17,22H,8-10H2,1-4H3,(H,29,31)/t15-,22+/m0/s1. The Bertz CT molecular complexity index is 1500. The van der Waals surface area contributed by atoms with Crippen LogP contribution in [-0.4, -0.2) is 55.7 Å². The average Bonchev–Trinajstić information content (AvgIpc) is 3.52. The minimum absolute atomic E-state index is 0.0915. The van der Waals surface area contributed by atoms with Crippen molar-refractivity contribution in [3.63, 3.8) is 0 Å². The number of rotatable bonds is 10. The van der Waals surface area contributed by atoms with Gasteiger partial charge in [0.1, 0.15) is 17.8 Å². The molecule has 5 rings (SSSR count). The number of nitrogens with one attached hydrogen (secondary N) is 1. The van der Waals surface area contributed by atoms with Gasteiger partial charge >= 0.3 is 0 Å². The SMILES string of the molecule is COc1cccc(-c2nnc(NS(=O)(=O)[C@@H](C)Cc3ncc(C)cn3)n2[C@@H](c2conc2C)C2CC2)n1. The van der Waals surface area contributed by atoms with Gasteiger partial charge in [0.05, 0.1) is 24.1 Å². The van der Waals surface area contributed by atoms with Gasteiger partial charge in [-0.25, -0.2) is 23.4 Å². The molecule has 37 heavy (non-hydrogen) atoms. The molecule has 2 atom stereocenters. The molecule has 12 nitrogen and oxygen atoms in total. The van der Waals surface area contributed by atoms with E-state index in [1.807, 2.05) is 13.8 Å². The summed E-state index contributed by atoms with van der Waals surface area (Å²) in [6.07, 6.45) is 7.00. The van der Waals surface area contributed by atoms with Crippen LogP contribution in [-0.2, 0) is 16.4 Å². The van der Waals surface area contributed by atoms with Crippen molar-refractivity contribution >= 4 is 16.0 Å². The summed E-state index contributed by atoms with van der Waals surface area (Å²) in [5.74, 6) is 1.59. The lowest BCUT2D eigenvalue weighted by molar-refractivity contribution is 0.398. The number of ether oxygens (including phenoxy) is 1. The maximum atomic E-state index is 13.4. The van der Waals surface area contributed by atoms with E-state index in [1.165, 1.54) is 7.11 Å². The first kappa shape index (κ1) is 24.8. The Morgan fingerprint density at radius 2 is 1.95 bits per heavy atom. The number of sulfonamides is 1. The first-order valence-electron chi connectivity index (χ1n) is 11.9. The van der Waals surface area contributed by atoms with E-state index in [2.05, 4.69) is 35.0 Å². The maximum absolute atomic E-state index is 13.4. The molecule has 13 heteroatoms. The van der Waals surface area contributed by atoms with Gasteiger partial charge in [-0.3, -0.25) is 9.29 Å². The predicted molar refractivity (Wildman–Crippen MR) is 134 cm³/mol. The molecule has 0 bridgehead atoms. The minimum Gasteiger partial charge on any atom is -0.481 e. The van der Waals surface area contributed by atoms with Crippen molar-refractivity contribution in [2.45, 2.75) is 51.3 Å². The third kappa shape index (κ3) is 5.17. The van der Waals surface area contributed by atoms with Crippen LogP contribution in [0.15, 0.2) is 41.4 Å². The fourth-order valence-electron chi connectivity index (χ4n) is 4.17. The lowest BCUT2D eigenvalue weighted by Crippen LogP contribution is -2.30. The third-order valence-corrected chi connectivity index (χ3v) is 8.07.